The standard InChI is InChI=1S/C14H9F3N2O2/c15-14(16,17)9-3-1-2-7-8(6-18-12(7)9)10-4-5-11(19-10)13(20)21/h1-6,18-19H,(H,20,21). The predicted molar refractivity (Wildman–Crippen MR) is 70.0 cm³/mol. The highest BCUT2D eigenvalue weighted by Crippen LogP contribution is 2.37. The van der Waals surface area contributed by atoms with E-state index in [1.54, 1.807) is 6.07 Å². The largest absolute Gasteiger partial charge is 0.477 e. The van der Waals surface area contributed by atoms with Crippen molar-refractivity contribution in [1.29, 1.82) is 0 Å². The van der Waals surface area contributed by atoms with E-state index in [-0.39, 0.29) is 11.2 Å². The molecule has 0 fully saturated rings. The number of hydrogen-bond donors (Lipinski definition) is 3. The summed E-state index contributed by atoms with van der Waals surface area (Å²) in [5.41, 5.74) is 0.135. The van der Waals surface area contributed by atoms with Crippen molar-refractivity contribution in [2.24, 2.45) is 0 Å². The molecule has 0 atom stereocenters. The lowest BCUT2D eigenvalue weighted by Gasteiger charge is -2.07. The topological polar surface area (TPSA) is 68.9 Å². The predicted octanol–water partition coefficient (Wildman–Crippen LogP) is 3.88. The smallest absolute Gasteiger partial charge is 0.418 e. The second kappa shape index (κ2) is 4.41. The Kier molecular flexibility index (Phi) is 2.79. The second-order valence-electron chi connectivity index (χ2n) is 4.52. The molecular weight excluding hydrogens is 285 g/mol. The van der Waals surface area contributed by atoms with Gasteiger partial charge in [0.05, 0.1) is 11.1 Å². The van der Waals surface area contributed by atoms with Crippen molar-refractivity contribution in [3.05, 3.63) is 47.8 Å². The summed E-state index contributed by atoms with van der Waals surface area (Å²) in [5, 5.41) is 9.25. The molecule has 7 heteroatoms. The first-order valence-electron chi connectivity index (χ1n) is 5.98. The van der Waals surface area contributed by atoms with Crippen LogP contribution in [0.1, 0.15) is 16.1 Å². The molecule has 2 aromatic heterocycles. The zero-order valence-electron chi connectivity index (χ0n) is 10.5. The number of hydrogen-bond acceptors (Lipinski definition) is 1. The van der Waals surface area contributed by atoms with E-state index in [2.05, 4.69) is 9.97 Å². The van der Waals surface area contributed by atoms with Crippen LogP contribution in [0.15, 0.2) is 36.5 Å². The van der Waals surface area contributed by atoms with Crippen LogP contribution in [0.3, 0.4) is 0 Å². The van der Waals surface area contributed by atoms with E-state index in [4.69, 9.17) is 5.11 Å². The zero-order valence-corrected chi connectivity index (χ0v) is 10.5. The van der Waals surface area contributed by atoms with Crippen molar-refractivity contribution < 1.29 is 23.1 Å². The number of carboxylic acid groups (broad SMARTS) is 1. The van der Waals surface area contributed by atoms with Gasteiger partial charge in [0.1, 0.15) is 5.69 Å². The highest BCUT2D eigenvalue weighted by Gasteiger charge is 2.33. The summed E-state index contributed by atoms with van der Waals surface area (Å²) in [6.07, 6.45) is -3.03. The van der Waals surface area contributed by atoms with Crippen molar-refractivity contribution in [3.63, 3.8) is 0 Å². The van der Waals surface area contributed by atoms with Crippen LogP contribution < -0.4 is 0 Å². The molecule has 1 aromatic carbocycles. The Hall–Kier alpha value is -2.70. The number of nitrogens with one attached hydrogen (secondary N) is 2. The van der Waals surface area contributed by atoms with Crippen molar-refractivity contribution >= 4 is 16.9 Å². The molecule has 0 amide bonds. The summed E-state index contributed by atoms with van der Waals surface area (Å²) in [4.78, 5) is 16.1. The van der Waals surface area contributed by atoms with Crippen LogP contribution in [-0.2, 0) is 6.18 Å². The third kappa shape index (κ3) is 2.16. The molecule has 3 aromatic rings. The highest BCUT2D eigenvalue weighted by atomic mass is 19.4. The number of alkyl halides is 3. The van der Waals surface area contributed by atoms with Gasteiger partial charge in [-0.05, 0) is 18.2 Å². The van der Waals surface area contributed by atoms with Gasteiger partial charge >= 0.3 is 12.1 Å². The van der Waals surface area contributed by atoms with E-state index >= 15 is 0 Å². The molecule has 3 N–H and O–H groups in total. The Balaban J connectivity index is 2.19. The number of carboxylic acids is 1. The maximum absolute atomic E-state index is 12.9. The minimum atomic E-state index is -4.45. The molecule has 3 rings (SSSR count). The Bertz CT molecular complexity index is 830. The quantitative estimate of drug-likeness (QED) is 0.671. The number of carbonyl (C=O) groups is 1. The van der Waals surface area contributed by atoms with Gasteiger partial charge in [-0.15, -0.1) is 0 Å². The molecule has 0 spiro atoms. The third-order valence-electron chi connectivity index (χ3n) is 3.23. The summed E-state index contributed by atoms with van der Waals surface area (Å²) in [5.74, 6) is -1.13. The van der Waals surface area contributed by atoms with Crippen LogP contribution in [0.4, 0.5) is 13.2 Å². The number of para-hydroxylation sites is 1. The normalized spacial score (nSPS) is 12.0. The minimum absolute atomic E-state index is 0.0218. The molecule has 0 radical (unpaired) electrons. The average Bonchev–Trinajstić information content (AvgIpc) is 3.03. The van der Waals surface area contributed by atoms with Crippen LogP contribution in [-0.4, -0.2) is 21.0 Å². The molecule has 108 valence electrons. The third-order valence-corrected chi connectivity index (χ3v) is 3.23. The SMILES string of the molecule is O=C(O)c1ccc(-c2c[nH]c3c(C(F)(F)F)cccc23)[nH]1. The van der Waals surface area contributed by atoms with Gasteiger partial charge in [-0.1, -0.05) is 12.1 Å². The number of aromatic nitrogens is 2. The zero-order chi connectivity index (χ0) is 15.2. The molecule has 0 unspecified atom stereocenters. The van der Waals surface area contributed by atoms with E-state index in [9.17, 15) is 18.0 Å². The second-order valence-corrected chi connectivity index (χ2v) is 4.52. The lowest BCUT2D eigenvalue weighted by molar-refractivity contribution is -0.136. The van der Waals surface area contributed by atoms with Crippen molar-refractivity contribution in [1.82, 2.24) is 9.97 Å². The first-order chi connectivity index (χ1) is 9.88. The van der Waals surface area contributed by atoms with Crippen molar-refractivity contribution in [2.45, 2.75) is 6.18 Å². The Morgan fingerprint density at radius 1 is 1.14 bits per heavy atom. The fourth-order valence-corrected chi connectivity index (χ4v) is 2.29. The van der Waals surface area contributed by atoms with Gasteiger partial charge in [0.15, 0.2) is 0 Å². The number of fused-ring (bicyclic) bond motifs is 1. The molecule has 0 saturated heterocycles. The lowest BCUT2D eigenvalue weighted by atomic mass is 10.1. The van der Waals surface area contributed by atoms with Crippen LogP contribution >= 0.6 is 0 Å². The Labute approximate surface area is 116 Å². The number of aromatic amines is 2. The maximum Gasteiger partial charge on any atom is 0.418 e. The lowest BCUT2D eigenvalue weighted by Crippen LogP contribution is -2.05. The van der Waals surface area contributed by atoms with Gasteiger partial charge in [0.2, 0.25) is 0 Å². The summed E-state index contributed by atoms with van der Waals surface area (Å²) in [6.45, 7) is 0. The van der Waals surface area contributed by atoms with E-state index in [1.165, 1.54) is 24.4 Å². The average molecular weight is 294 g/mol. The van der Waals surface area contributed by atoms with Gasteiger partial charge in [0, 0.05) is 22.8 Å². The molecule has 0 saturated carbocycles. The van der Waals surface area contributed by atoms with Gasteiger partial charge in [0.25, 0.3) is 0 Å². The molecular formula is C14H9F3N2O2. The number of benzene rings is 1. The van der Waals surface area contributed by atoms with Crippen LogP contribution in [0.2, 0.25) is 0 Å². The minimum Gasteiger partial charge on any atom is -0.477 e. The Morgan fingerprint density at radius 2 is 1.90 bits per heavy atom. The Morgan fingerprint density at radius 3 is 2.52 bits per heavy atom. The van der Waals surface area contributed by atoms with Crippen LogP contribution in [0.5, 0.6) is 0 Å². The molecule has 0 aliphatic carbocycles. The summed E-state index contributed by atoms with van der Waals surface area (Å²) in [6, 6.07) is 6.76. The van der Waals surface area contributed by atoms with Gasteiger partial charge in [-0.25, -0.2) is 4.79 Å². The summed E-state index contributed by atoms with van der Waals surface area (Å²) < 4.78 is 38.8. The first-order valence-corrected chi connectivity index (χ1v) is 5.98. The molecule has 4 nitrogen and oxygen atoms in total. The van der Waals surface area contributed by atoms with E-state index in [1.807, 2.05) is 0 Å². The van der Waals surface area contributed by atoms with Gasteiger partial charge in [-0.3, -0.25) is 0 Å². The van der Waals surface area contributed by atoms with Crippen LogP contribution in [0, 0.1) is 0 Å². The molecule has 0 aliphatic rings. The number of halogens is 3. The molecule has 0 bridgehead atoms. The number of H-pyrrole nitrogens is 2. The van der Waals surface area contributed by atoms with E-state index < -0.39 is 17.7 Å². The molecule has 0 aliphatic heterocycles. The number of rotatable bonds is 2. The summed E-state index contributed by atoms with van der Waals surface area (Å²) >= 11 is 0. The van der Waals surface area contributed by atoms with Crippen molar-refractivity contribution in [3.8, 4) is 11.3 Å². The monoisotopic (exact) mass is 294 g/mol. The van der Waals surface area contributed by atoms with E-state index in [0.717, 1.165) is 6.07 Å². The molecule has 2 heterocycles. The fraction of sp³-hybridized carbons (Fsp3) is 0.0714. The summed E-state index contributed by atoms with van der Waals surface area (Å²) in [7, 11) is 0. The maximum atomic E-state index is 12.9. The van der Waals surface area contributed by atoms with Crippen molar-refractivity contribution in [2.75, 3.05) is 0 Å². The van der Waals surface area contributed by atoms with Crippen LogP contribution in [0.25, 0.3) is 22.2 Å². The fourth-order valence-electron chi connectivity index (χ4n) is 2.29. The van der Waals surface area contributed by atoms with Gasteiger partial charge < -0.3 is 15.1 Å². The van der Waals surface area contributed by atoms with E-state index in [0.29, 0.717) is 16.6 Å². The molecule has 21 heavy (non-hydrogen) atoms. The highest BCUT2D eigenvalue weighted by molar-refractivity contribution is 5.97. The van der Waals surface area contributed by atoms with Gasteiger partial charge in [-0.2, -0.15) is 13.2 Å². The number of aromatic carboxylic acids is 1. The first kappa shape index (κ1) is 13.3.